The lowest BCUT2D eigenvalue weighted by atomic mass is 9.97. The number of hydrogen-bond donors (Lipinski definition) is 0. The minimum Gasteiger partial charge on any atom is -0.383 e. The van der Waals surface area contributed by atoms with E-state index in [4.69, 9.17) is 21.1 Å². The van der Waals surface area contributed by atoms with Gasteiger partial charge in [0.15, 0.2) is 0 Å². The monoisotopic (exact) mass is 313 g/mol. The van der Waals surface area contributed by atoms with Crippen LogP contribution in [0.3, 0.4) is 0 Å². The predicted octanol–water partition coefficient (Wildman–Crippen LogP) is 3.49. The summed E-state index contributed by atoms with van der Waals surface area (Å²) in [5.74, 6) is 0. The van der Waals surface area contributed by atoms with Gasteiger partial charge in [0, 0.05) is 33.9 Å². The van der Waals surface area contributed by atoms with Crippen LogP contribution in [0.15, 0.2) is 12.1 Å². The van der Waals surface area contributed by atoms with Crippen molar-refractivity contribution in [1.29, 1.82) is 0 Å². The van der Waals surface area contributed by atoms with E-state index in [1.54, 1.807) is 14.2 Å². The van der Waals surface area contributed by atoms with Crippen molar-refractivity contribution in [2.24, 2.45) is 0 Å². The molecule has 0 bridgehead atoms. The smallest absolute Gasteiger partial charge is 0.0717 e. The second kappa shape index (κ2) is 9.42. The van der Waals surface area contributed by atoms with Crippen LogP contribution in [-0.2, 0) is 9.47 Å². The topological polar surface area (TPSA) is 21.7 Å². The van der Waals surface area contributed by atoms with Crippen molar-refractivity contribution in [3.05, 3.63) is 34.4 Å². The van der Waals surface area contributed by atoms with Gasteiger partial charge in [-0.1, -0.05) is 17.7 Å². The van der Waals surface area contributed by atoms with Gasteiger partial charge in [-0.05, 0) is 37.5 Å². The van der Waals surface area contributed by atoms with Crippen LogP contribution in [0.4, 0.5) is 0 Å². The van der Waals surface area contributed by atoms with Crippen LogP contribution in [0.1, 0.15) is 27.6 Å². The van der Waals surface area contributed by atoms with Gasteiger partial charge in [0.25, 0.3) is 0 Å². The largest absolute Gasteiger partial charge is 0.383 e. The standard InChI is InChI=1S/C17H28ClNO2/c1-13-10-14(2)17(15(3)11-13)16(18)12-19(6-8-20-4)7-9-21-5/h10-11,16H,6-9,12H2,1-5H3. The molecule has 4 heteroatoms. The zero-order chi connectivity index (χ0) is 15.8. The van der Waals surface area contributed by atoms with Gasteiger partial charge in [0.05, 0.1) is 18.6 Å². The van der Waals surface area contributed by atoms with E-state index >= 15 is 0 Å². The van der Waals surface area contributed by atoms with E-state index in [9.17, 15) is 0 Å². The van der Waals surface area contributed by atoms with Crippen molar-refractivity contribution >= 4 is 11.6 Å². The molecule has 1 rings (SSSR count). The molecule has 0 saturated heterocycles. The van der Waals surface area contributed by atoms with Crippen molar-refractivity contribution in [2.45, 2.75) is 26.1 Å². The number of nitrogens with zero attached hydrogens (tertiary/aromatic N) is 1. The van der Waals surface area contributed by atoms with E-state index in [-0.39, 0.29) is 5.38 Å². The van der Waals surface area contributed by atoms with Crippen molar-refractivity contribution in [3.63, 3.8) is 0 Å². The summed E-state index contributed by atoms with van der Waals surface area (Å²) in [6, 6.07) is 4.40. The van der Waals surface area contributed by atoms with E-state index in [0.717, 1.165) is 19.6 Å². The van der Waals surface area contributed by atoms with Gasteiger partial charge in [-0.2, -0.15) is 0 Å². The second-order valence-electron chi connectivity index (χ2n) is 5.57. The maximum absolute atomic E-state index is 6.70. The Morgan fingerprint density at radius 3 is 1.90 bits per heavy atom. The highest BCUT2D eigenvalue weighted by Crippen LogP contribution is 2.29. The molecule has 120 valence electrons. The van der Waals surface area contributed by atoms with Crippen LogP contribution in [0.5, 0.6) is 0 Å². The van der Waals surface area contributed by atoms with Crippen LogP contribution in [-0.4, -0.2) is 52.0 Å². The van der Waals surface area contributed by atoms with E-state index < -0.39 is 0 Å². The van der Waals surface area contributed by atoms with Crippen molar-refractivity contribution in [1.82, 2.24) is 4.90 Å². The number of alkyl halides is 1. The zero-order valence-corrected chi connectivity index (χ0v) is 14.7. The molecule has 21 heavy (non-hydrogen) atoms. The summed E-state index contributed by atoms with van der Waals surface area (Å²) in [4.78, 5) is 2.30. The molecule has 0 heterocycles. The summed E-state index contributed by atoms with van der Waals surface area (Å²) in [6.07, 6.45) is 0. The Labute approximate surface area is 134 Å². The maximum atomic E-state index is 6.70. The summed E-state index contributed by atoms with van der Waals surface area (Å²) in [7, 11) is 3.45. The Hall–Kier alpha value is -0.610. The summed E-state index contributed by atoms with van der Waals surface area (Å²) >= 11 is 6.70. The first kappa shape index (κ1) is 18.4. The molecule has 1 aromatic carbocycles. The minimum atomic E-state index is -0.0145. The lowest BCUT2D eigenvalue weighted by Gasteiger charge is -2.26. The number of benzene rings is 1. The van der Waals surface area contributed by atoms with Crippen LogP contribution >= 0.6 is 11.6 Å². The van der Waals surface area contributed by atoms with E-state index in [2.05, 4.69) is 37.8 Å². The first-order valence-corrected chi connectivity index (χ1v) is 7.85. The lowest BCUT2D eigenvalue weighted by molar-refractivity contribution is 0.114. The molecule has 1 unspecified atom stereocenters. The van der Waals surface area contributed by atoms with Crippen molar-refractivity contribution in [3.8, 4) is 0 Å². The molecule has 0 aromatic heterocycles. The van der Waals surface area contributed by atoms with E-state index in [1.165, 1.54) is 22.3 Å². The molecule has 3 nitrogen and oxygen atoms in total. The minimum absolute atomic E-state index is 0.0145. The Morgan fingerprint density at radius 2 is 1.48 bits per heavy atom. The third-order valence-corrected chi connectivity index (χ3v) is 4.05. The Morgan fingerprint density at radius 1 is 1.00 bits per heavy atom. The molecule has 0 radical (unpaired) electrons. The maximum Gasteiger partial charge on any atom is 0.0717 e. The molecule has 0 aliphatic rings. The third kappa shape index (κ3) is 5.95. The highest BCUT2D eigenvalue weighted by molar-refractivity contribution is 6.21. The molecule has 1 atom stereocenters. The molecular weight excluding hydrogens is 286 g/mol. The number of methoxy groups -OCH3 is 2. The molecule has 0 aliphatic heterocycles. The molecule has 0 fully saturated rings. The summed E-state index contributed by atoms with van der Waals surface area (Å²) < 4.78 is 10.4. The first-order chi connectivity index (χ1) is 9.99. The number of hydrogen-bond acceptors (Lipinski definition) is 3. The number of ether oxygens (including phenoxy) is 2. The average molecular weight is 314 g/mol. The molecular formula is C17H28ClNO2. The summed E-state index contributed by atoms with van der Waals surface area (Å²) in [6.45, 7) is 10.4. The number of aryl methyl sites for hydroxylation is 3. The van der Waals surface area contributed by atoms with Gasteiger partial charge in [0.1, 0.15) is 0 Å². The summed E-state index contributed by atoms with van der Waals surface area (Å²) in [5.41, 5.74) is 5.08. The molecule has 0 N–H and O–H groups in total. The van der Waals surface area contributed by atoms with Gasteiger partial charge < -0.3 is 9.47 Å². The molecule has 0 saturated carbocycles. The predicted molar refractivity (Wildman–Crippen MR) is 89.4 cm³/mol. The van der Waals surface area contributed by atoms with Gasteiger partial charge >= 0.3 is 0 Å². The fourth-order valence-corrected chi connectivity index (χ4v) is 3.28. The number of rotatable bonds is 9. The lowest BCUT2D eigenvalue weighted by Crippen LogP contribution is -2.33. The summed E-state index contributed by atoms with van der Waals surface area (Å²) in [5, 5.41) is -0.0145. The molecule has 0 spiro atoms. The Balaban J connectivity index is 2.78. The van der Waals surface area contributed by atoms with E-state index in [1.807, 2.05) is 0 Å². The fourth-order valence-electron chi connectivity index (χ4n) is 2.74. The van der Waals surface area contributed by atoms with Gasteiger partial charge in [0.2, 0.25) is 0 Å². The van der Waals surface area contributed by atoms with Crippen molar-refractivity contribution in [2.75, 3.05) is 47.1 Å². The van der Waals surface area contributed by atoms with Crippen LogP contribution < -0.4 is 0 Å². The Kier molecular flexibility index (Phi) is 8.27. The third-order valence-electron chi connectivity index (χ3n) is 3.69. The van der Waals surface area contributed by atoms with E-state index in [0.29, 0.717) is 13.2 Å². The SMILES string of the molecule is COCCN(CCOC)CC(Cl)c1c(C)cc(C)cc1C. The molecule has 0 amide bonds. The van der Waals surface area contributed by atoms with Gasteiger partial charge in [-0.3, -0.25) is 4.90 Å². The van der Waals surface area contributed by atoms with Crippen LogP contribution in [0, 0.1) is 20.8 Å². The molecule has 0 aliphatic carbocycles. The second-order valence-corrected chi connectivity index (χ2v) is 6.09. The van der Waals surface area contributed by atoms with Crippen LogP contribution in [0.25, 0.3) is 0 Å². The highest BCUT2D eigenvalue weighted by atomic mass is 35.5. The Bertz CT molecular complexity index is 406. The van der Waals surface area contributed by atoms with Gasteiger partial charge in [-0.25, -0.2) is 0 Å². The van der Waals surface area contributed by atoms with Crippen molar-refractivity contribution < 1.29 is 9.47 Å². The number of halogens is 1. The highest BCUT2D eigenvalue weighted by Gasteiger charge is 2.17. The fraction of sp³-hybridized carbons (Fsp3) is 0.647. The normalized spacial score (nSPS) is 12.9. The van der Waals surface area contributed by atoms with Crippen LogP contribution in [0.2, 0.25) is 0 Å². The quantitative estimate of drug-likeness (QED) is 0.651. The average Bonchev–Trinajstić information content (AvgIpc) is 2.40. The zero-order valence-electron chi connectivity index (χ0n) is 13.9. The molecule has 1 aromatic rings. The first-order valence-electron chi connectivity index (χ1n) is 7.41. The van der Waals surface area contributed by atoms with Gasteiger partial charge in [-0.15, -0.1) is 11.6 Å².